The van der Waals surface area contributed by atoms with Crippen LogP contribution in [0, 0.1) is 12.9 Å². The van der Waals surface area contributed by atoms with E-state index in [-0.39, 0.29) is 17.5 Å². The number of H-pyrrole nitrogens is 1. The van der Waals surface area contributed by atoms with E-state index in [1.807, 2.05) is 23.1 Å². The van der Waals surface area contributed by atoms with Crippen LogP contribution in [-0.4, -0.2) is 40.0 Å². The van der Waals surface area contributed by atoms with Crippen molar-refractivity contribution in [3.05, 3.63) is 81.8 Å². The molecule has 0 radical (unpaired) electrons. The molecule has 7 heteroatoms. The molecule has 1 amide bonds. The molecular formula is C25H26FN3O3. The number of amides is 1. The molecule has 3 heterocycles. The number of aromatic nitrogens is 2. The van der Waals surface area contributed by atoms with Crippen LogP contribution in [0.3, 0.4) is 0 Å². The molecule has 2 aromatic heterocycles. The Bertz CT molecular complexity index is 1190. The number of carbonyl (C=O) groups is 1. The summed E-state index contributed by atoms with van der Waals surface area (Å²) in [5.41, 5.74) is 3.23. The number of nitrogens with one attached hydrogen (secondary N) is 1. The van der Waals surface area contributed by atoms with Gasteiger partial charge in [0.05, 0.1) is 6.04 Å². The van der Waals surface area contributed by atoms with Gasteiger partial charge in [-0.1, -0.05) is 25.5 Å². The van der Waals surface area contributed by atoms with E-state index in [2.05, 4.69) is 16.9 Å². The Morgan fingerprint density at radius 1 is 1.31 bits per heavy atom. The fraction of sp³-hybridized carbons (Fsp3) is 0.320. The van der Waals surface area contributed by atoms with Crippen molar-refractivity contribution in [2.45, 2.75) is 39.2 Å². The first-order chi connectivity index (χ1) is 15.5. The zero-order chi connectivity index (χ0) is 22.7. The lowest BCUT2D eigenvalue weighted by Gasteiger charge is -2.36. The third-order valence-corrected chi connectivity index (χ3v) is 5.81. The van der Waals surface area contributed by atoms with Gasteiger partial charge in [0, 0.05) is 53.7 Å². The topological polar surface area (TPSA) is 75.3 Å². The molecule has 0 saturated heterocycles. The van der Waals surface area contributed by atoms with Gasteiger partial charge in [0.15, 0.2) is 0 Å². The van der Waals surface area contributed by atoms with E-state index in [4.69, 9.17) is 4.74 Å². The predicted molar refractivity (Wildman–Crippen MR) is 120 cm³/mol. The fourth-order valence-corrected chi connectivity index (χ4v) is 4.09. The average molecular weight is 435 g/mol. The van der Waals surface area contributed by atoms with E-state index in [1.54, 1.807) is 19.1 Å². The molecule has 1 N–H and O–H groups in total. The maximum Gasteiger partial charge on any atom is 0.254 e. The molecule has 0 aliphatic carbocycles. The van der Waals surface area contributed by atoms with E-state index < -0.39 is 5.95 Å². The van der Waals surface area contributed by atoms with Crippen LogP contribution in [0.15, 0.2) is 53.6 Å². The third-order valence-electron chi connectivity index (χ3n) is 5.81. The van der Waals surface area contributed by atoms with Crippen LogP contribution >= 0.6 is 0 Å². The average Bonchev–Trinajstić information content (AvgIpc) is 2.80. The number of rotatable bonds is 6. The van der Waals surface area contributed by atoms with Crippen molar-refractivity contribution in [2.75, 3.05) is 13.2 Å². The van der Waals surface area contributed by atoms with E-state index in [0.29, 0.717) is 30.7 Å². The maximum atomic E-state index is 13.7. The van der Waals surface area contributed by atoms with Gasteiger partial charge in [-0.15, -0.1) is 0 Å². The summed E-state index contributed by atoms with van der Waals surface area (Å²) in [5, 5.41) is 0. The summed E-state index contributed by atoms with van der Waals surface area (Å²) in [5.74, 6) is 0.0972. The van der Waals surface area contributed by atoms with E-state index in [9.17, 15) is 14.0 Å². The van der Waals surface area contributed by atoms with Gasteiger partial charge in [-0.05, 0) is 37.1 Å². The van der Waals surface area contributed by atoms with Gasteiger partial charge in [-0.2, -0.15) is 4.39 Å². The number of carbonyl (C=O) groups excluding carboxylic acids is 1. The molecule has 1 atom stereocenters. The summed E-state index contributed by atoms with van der Waals surface area (Å²) >= 11 is 0. The van der Waals surface area contributed by atoms with Gasteiger partial charge < -0.3 is 14.6 Å². The van der Waals surface area contributed by atoms with E-state index in [0.717, 1.165) is 35.3 Å². The smallest absolute Gasteiger partial charge is 0.254 e. The number of benzene rings is 1. The van der Waals surface area contributed by atoms with Gasteiger partial charge in [0.25, 0.3) is 5.91 Å². The SMILES string of the molecule is CCCCN(C(=O)c1cc[nH]c(=O)c1)[C@@H]1COc2cccc(-c3cnc(F)c(C)c3)c2C1. The first-order valence-corrected chi connectivity index (χ1v) is 10.8. The summed E-state index contributed by atoms with van der Waals surface area (Å²) in [7, 11) is 0. The molecule has 3 aromatic rings. The lowest BCUT2D eigenvalue weighted by molar-refractivity contribution is 0.0583. The van der Waals surface area contributed by atoms with Crippen molar-refractivity contribution in [2.24, 2.45) is 0 Å². The molecule has 0 bridgehead atoms. The van der Waals surface area contributed by atoms with Crippen LogP contribution in [0.1, 0.15) is 41.3 Å². The standard InChI is InChI=1S/C25H26FN3O3/c1-3-4-10-29(25(31)17-8-9-27-23(30)12-17)19-13-21-20(6-5-7-22(21)32-15-19)18-11-16(2)24(26)28-14-18/h5-9,11-12,14,19H,3-4,10,13,15H2,1-2H3,(H,27,30)/t19-/m0/s1. The molecular weight excluding hydrogens is 409 g/mol. The Morgan fingerprint density at radius 2 is 2.16 bits per heavy atom. The highest BCUT2D eigenvalue weighted by Crippen LogP contribution is 2.35. The van der Waals surface area contributed by atoms with Crippen molar-refractivity contribution in [3.8, 4) is 16.9 Å². The second kappa shape index (κ2) is 9.34. The van der Waals surface area contributed by atoms with Crippen LogP contribution < -0.4 is 10.3 Å². The van der Waals surface area contributed by atoms with Crippen LogP contribution in [0.25, 0.3) is 11.1 Å². The summed E-state index contributed by atoms with van der Waals surface area (Å²) in [6.45, 7) is 4.71. The second-order valence-corrected chi connectivity index (χ2v) is 8.08. The van der Waals surface area contributed by atoms with Crippen LogP contribution in [-0.2, 0) is 6.42 Å². The molecule has 166 valence electrons. The molecule has 0 spiro atoms. The number of pyridine rings is 2. The van der Waals surface area contributed by atoms with Crippen LogP contribution in [0.2, 0.25) is 0 Å². The zero-order valence-corrected chi connectivity index (χ0v) is 18.2. The number of halogens is 1. The molecule has 1 aliphatic heterocycles. The minimum absolute atomic E-state index is 0.182. The normalized spacial score (nSPS) is 15.0. The lowest BCUT2D eigenvalue weighted by atomic mass is 9.92. The number of aryl methyl sites for hydroxylation is 1. The quantitative estimate of drug-likeness (QED) is 0.591. The van der Waals surface area contributed by atoms with Crippen LogP contribution in [0.5, 0.6) is 5.75 Å². The summed E-state index contributed by atoms with van der Waals surface area (Å²) in [6.07, 6.45) is 5.40. The van der Waals surface area contributed by atoms with Crippen molar-refractivity contribution < 1.29 is 13.9 Å². The van der Waals surface area contributed by atoms with Gasteiger partial charge in [-0.3, -0.25) is 9.59 Å². The first-order valence-electron chi connectivity index (χ1n) is 10.8. The number of aromatic amines is 1. The zero-order valence-electron chi connectivity index (χ0n) is 18.2. The van der Waals surface area contributed by atoms with Crippen molar-refractivity contribution in [3.63, 3.8) is 0 Å². The Kier molecular flexibility index (Phi) is 6.35. The van der Waals surface area contributed by atoms with Crippen LogP contribution in [0.4, 0.5) is 4.39 Å². The van der Waals surface area contributed by atoms with E-state index in [1.165, 1.54) is 18.5 Å². The van der Waals surface area contributed by atoms with Gasteiger partial charge in [-0.25, -0.2) is 4.98 Å². The number of nitrogens with zero attached hydrogens (tertiary/aromatic N) is 2. The summed E-state index contributed by atoms with van der Waals surface area (Å²) < 4.78 is 19.8. The van der Waals surface area contributed by atoms with Crippen molar-refractivity contribution in [1.29, 1.82) is 0 Å². The van der Waals surface area contributed by atoms with Gasteiger partial charge in [0.2, 0.25) is 11.5 Å². The maximum absolute atomic E-state index is 13.7. The minimum atomic E-state index is -0.484. The highest BCUT2D eigenvalue weighted by molar-refractivity contribution is 5.94. The Balaban J connectivity index is 1.68. The van der Waals surface area contributed by atoms with Crippen molar-refractivity contribution in [1.82, 2.24) is 14.9 Å². The highest BCUT2D eigenvalue weighted by Gasteiger charge is 2.31. The molecule has 6 nitrogen and oxygen atoms in total. The monoisotopic (exact) mass is 435 g/mol. The third kappa shape index (κ3) is 4.42. The predicted octanol–water partition coefficient (Wildman–Crippen LogP) is 4.13. The number of ether oxygens (including phenoxy) is 1. The minimum Gasteiger partial charge on any atom is -0.491 e. The number of hydrogen-bond donors (Lipinski definition) is 1. The Morgan fingerprint density at radius 3 is 2.91 bits per heavy atom. The number of fused-ring (bicyclic) bond motifs is 1. The van der Waals surface area contributed by atoms with Gasteiger partial charge >= 0.3 is 0 Å². The number of hydrogen-bond acceptors (Lipinski definition) is 4. The molecule has 0 unspecified atom stereocenters. The fourth-order valence-electron chi connectivity index (χ4n) is 4.09. The summed E-state index contributed by atoms with van der Waals surface area (Å²) in [4.78, 5) is 33.3. The first kappa shape index (κ1) is 21.7. The number of unbranched alkanes of at least 4 members (excludes halogenated alkanes) is 1. The molecule has 1 aliphatic rings. The second-order valence-electron chi connectivity index (χ2n) is 8.08. The molecule has 0 fully saturated rings. The Labute approximate surface area is 186 Å². The Hall–Kier alpha value is -3.48. The molecule has 4 rings (SSSR count). The lowest BCUT2D eigenvalue weighted by Crippen LogP contribution is -2.47. The highest BCUT2D eigenvalue weighted by atomic mass is 19.1. The molecule has 0 saturated carbocycles. The van der Waals surface area contributed by atoms with E-state index >= 15 is 0 Å². The largest absolute Gasteiger partial charge is 0.491 e. The molecule has 1 aromatic carbocycles. The molecule has 32 heavy (non-hydrogen) atoms. The van der Waals surface area contributed by atoms with Crippen molar-refractivity contribution >= 4 is 5.91 Å². The summed E-state index contributed by atoms with van der Waals surface area (Å²) in [6, 6.07) is 10.3. The van der Waals surface area contributed by atoms with Gasteiger partial charge in [0.1, 0.15) is 12.4 Å².